The molecule has 272 valence electrons. The number of nitrogens with one attached hydrogen (secondary N) is 1. The monoisotopic (exact) mass is 707 g/mol. The lowest BCUT2D eigenvalue weighted by molar-refractivity contribution is -0.0518. The molecule has 16 heteroatoms. The van der Waals surface area contributed by atoms with Crippen LogP contribution >= 0.6 is 0 Å². The van der Waals surface area contributed by atoms with E-state index in [0.717, 1.165) is 5.56 Å². The number of aromatic nitrogens is 3. The van der Waals surface area contributed by atoms with E-state index in [1.165, 1.54) is 34.0 Å². The van der Waals surface area contributed by atoms with Crippen molar-refractivity contribution in [1.29, 1.82) is 0 Å². The van der Waals surface area contributed by atoms with E-state index < -0.39 is 53.4 Å². The molecule has 51 heavy (non-hydrogen) atoms. The lowest BCUT2D eigenvalue weighted by Crippen LogP contribution is -2.46. The second kappa shape index (κ2) is 14.6. The van der Waals surface area contributed by atoms with Gasteiger partial charge in [-0.1, -0.05) is 17.3 Å². The molecule has 1 aliphatic heterocycles. The maximum Gasteiger partial charge on any atom is 0.509 e. The number of methoxy groups -OCH3 is 1. The molecule has 16 nitrogen and oxygen atoms in total. The number of fused-ring (bicyclic) bond motifs is 1. The summed E-state index contributed by atoms with van der Waals surface area (Å²) in [5.41, 5.74) is -1.11. The largest absolute Gasteiger partial charge is 0.509 e. The van der Waals surface area contributed by atoms with E-state index in [1.54, 1.807) is 66.9 Å². The van der Waals surface area contributed by atoms with Crippen LogP contribution in [-0.4, -0.2) is 86.4 Å². The maximum absolute atomic E-state index is 13.5. The van der Waals surface area contributed by atoms with Crippen molar-refractivity contribution in [3.63, 3.8) is 0 Å². The third kappa shape index (κ3) is 9.46. The van der Waals surface area contributed by atoms with Crippen LogP contribution in [0.25, 0.3) is 16.7 Å². The number of aromatic hydroxyl groups is 1. The number of rotatable bonds is 8. The van der Waals surface area contributed by atoms with Gasteiger partial charge >= 0.3 is 24.0 Å². The molecule has 0 saturated carbocycles. The van der Waals surface area contributed by atoms with E-state index in [1.807, 2.05) is 12.1 Å². The summed E-state index contributed by atoms with van der Waals surface area (Å²) in [5.74, 6) is 0.579. The predicted octanol–water partition coefficient (Wildman–Crippen LogP) is 4.87. The molecule has 0 bridgehead atoms. The third-order valence-electron chi connectivity index (χ3n) is 7.54. The Morgan fingerprint density at radius 3 is 2.35 bits per heavy atom. The first-order valence-electron chi connectivity index (χ1n) is 16.1. The molecule has 2 amide bonds. The number of likely N-dealkylation sites (tertiary alicyclic amines) is 1. The van der Waals surface area contributed by atoms with Crippen LogP contribution in [0.2, 0.25) is 0 Å². The zero-order valence-electron chi connectivity index (χ0n) is 29.4. The second-order valence-corrected chi connectivity index (χ2v) is 13.9. The molecule has 0 unspecified atom stereocenters. The second-order valence-electron chi connectivity index (χ2n) is 13.9. The van der Waals surface area contributed by atoms with Crippen molar-refractivity contribution in [2.45, 2.75) is 84.0 Å². The molecule has 3 atom stereocenters. The molecule has 0 aliphatic carbocycles. The SMILES string of the molecule is COc1ccc(C[C@@H]2[C@H](OC(=O)NCc3cn(-c4cc5ccc(O)cc5oc4=O)nn3)[C@@H](OC(=O)OC(C)(C)C)CN2C(=O)OC(C)(C)C)cc1. The number of carbonyl (C=O) groups is 3. The highest BCUT2D eigenvalue weighted by molar-refractivity contribution is 5.79. The van der Waals surface area contributed by atoms with Gasteiger partial charge < -0.3 is 38.5 Å². The number of nitrogens with zero attached hydrogens (tertiary/aromatic N) is 4. The van der Waals surface area contributed by atoms with Crippen molar-refractivity contribution in [3.05, 3.63) is 76.4 Å². The fourth-order valence-corrected chi connectivity index (χ4v) is 5.35. The average Bonchev–Trinajstić information content (AvgIpc) is 3.63. The first-order valence-corrected chi connectivity index (χ1v) is 16.1. The van der Waals surface area contributed by atoms with Gasteiger partial charge in [-0.2, -0.15) is 0 Å². The number of phenols is 1. The first-order chi connectivity index (χ1) is 24.0. The van der Waals surface area contributed by atoms with Gasteiger partial charge in [-0.15, -0.1) is 5.10 Å². The van der Waals surface area contributed by atoms with Gasteiger partial charge in [-0.25, -0.2) is 23.9 Å². The zero-order valence-corrected chi connectivity index (χ0v) is 29.4. The van der Waals surface area contributed by atoms with Crippen LogP contribution in [0.4, 0.5) is 14.4 Å². The number of phenolic OH excluding ortho intramolecular Hbond substituents is 1. The van der Waals surface area contributed by atoms with Crippen LogP contribution in [0.3, 0.4) is 0 Å². The molecule has 2 aromatic heterocycles. The van der Waals surface area contributed by atoms with Crippen molar-refractivity contribution >= 4 is 29.3 Å². The van der Waals surface area contributed by atoms with E-state index in [9.17, 15) is 24.3 Å². The van der Waals surface area contributed by atoms with Gasteiger partial charge in [0.15, 0.2) is 17.9 Å². The molecule has 4 aromatic rings. The van der Waals surface area contributed by atoms with Crippen molar-refractivity contribution in [2.24, 2.45) is 0 Å². The normalized spacial score (nSPS) is 17.5. The number of alkyl carbamates (subject to hydrolysis) is 1. The molecule has 1 fully saturated rings. The number of hydrogen-bond donors (Lipinski definition) is 2. The molecule has 0 spiro atoms. The summed E-state index contributed by atoms with van der Waals surface area (Å²) in [6, 6.07) is 12.2. The summed E-state index contributed by atoms with van der Waals surface area (Å²) in [4.78, 5) is 53.6. The van der Waals surface area contributed by atoms with Gasteiger partial charge in [0, 0.05) is 11.5 Å². The molecular weight excluding hydrogens is 666 g/mol. The molecule has 2 aromatic carbocycles. The highest BCUT2D eigenvalue weighted by atomic mass is 16.7. The minimum absolute atomic E-state index is 0.0515. The summed E-state index contributed by atoms with van der Waals surface area (Å²) in [6.07, 6.45) is -3.21. The minimum Gasteiger partial charge on any atom is -0.508 e. The summed E-state index contributed by atoms with van der Waals surface area (Å²) < 4.78 is 34.4. The molecule has 1 saturated heterocycles. The first kappa shape index (κ1) is 36.5. The third-order valence-corrected chi connectivity index (χ3v) is 7.54. The Hall–Kier alpha value is -5.80. The van der Waals surface area contributed by atoms with Crippen molar-refractivity contribution in [3.8, 4) is 17.2 Å². The van der Waals surface area contributed by atoms with Crippen LogP contribution in [0, 0.1) is 0 Å². The van der Waals surface area contributed by atoms with Crippen molar-refractivity contribution in [1.82, 2.24) is 25.2 Å². The highest BCUT2D eigenvalue weighted by Crippen LogP contribution is 2.30. The zero-order chi connectivity index (χ0) is 37.1. The molecule has 3 heterocycles. The van der Waals surface area contributed by atoms with Gasteiger partial charge in [-0.3, -0.25) is 4.90 Å². The highest BCUT2D eigenvalue weighted by Gasteiger charge is 2.50. The van der Waals surface area contributed by atoms with Crippen LogP contribution in [0.5, 0.6) is 11.5 Å². The Morgan fingerprint density at radius 2 is 1.69 bits per heavy atom. The minimum atomic E-state index is -1.15. The van der Waals surface area contributed by atoms with E-state index >= 15 is 0 Å². The Bertz CT molecular complexity index is 1940. The summed E-state index contributed by atoms with van der Waals surface area (Å²) in [6.45, 7) is 9.91. The molecule has 1 aliphatic rings. The quantitative estimate of drug-likeness (QED) is 0.143. The topological polar surface area (TPSA) is 194 Å². The van der Waals surface area contributed by atoms with Crippen LogP contribution in [-0.2, 0) is 31.9 Å². The van der Waals surface area contributed by atoms with Crippen LogP contribution in [0.15, 0.2) is 63.9 Å². The van der Waals surface area contributed by atoms with Crippen molar-refractivity contribution in [2.75, 3.05) is 13.7 Å². The maximum atomic E-state index is 13.5. The molecule has 0 radical (unpaired) electrons. The van der Waals surface area contributed by atoms with Crippen LogP contribution in [0.1, 0.15) is 52.8 Å². The lowest BCUT2D eigenvalue weighted by atomic mass is 10.0. The van der Waals surface area contributed by atoms with E-state index in [2.05, 4.69) is 15.6 Å². The van der Waals surface area contributed by atoms with E-state index in [-0.39, 0.29) is 42.2 Å². The van der Waals surface area contributed by atoms with Gasteiger partial charge in [0.25, 0.3) is 0 Å². The average molecular weight is 708 g/mol. The van der Waals surface area contributed by atoms with Crippen LogP contribution < -0.4 is 15.7 Å². The van der Waals surface area contributed by atoms with E-state index in [0.29, 0.717) is 11.1 Å². The van der Waals surface area contributed by atoms with Gasteiger partial charge in [0.2, 0.25) is 0 Å². The smallest absolute Gasteiger partial charge is 0.508 e. The van der Waals surface area contributed by atoms with Gasteiger partial charge in [0.05, 0.1) is 32.4 Å². The standard InChI is InChI=1S/C35H41N5O11/c1-34(2,3)50-32(44)39-19-28(48-33(45)51-35(4,5)6)29(25(39)14-20-8-12-24(46-7)13-9-20)49-31(43)36-17-22-18-40(38-37-22)26-15-21-10-11-23(41)16-27(21)47-30(26)42/h8-13,15-16,18,25,28-29,41H,14,17,19H2,1-7H3,(H,36,43)/t25-,28+,29+/m1/s1. The van der Waals surface area contributed by atoms with Gasteiger partial charge in [-0.05, 0) is 83.9 Å². The number of benzene rings is 2. The van der Waals surface area contributed by atoms with Crippen molar-refractivity contribution < 1.29 is 47.6 Å². The molecule has 2 N–H and O–H groups in total. The molecular formula is C35H41N5O11. The fourth-order valence-electron chi connectivity index (χ4n) is 5.35. The summed E-state index contributed by atoms with van der Waals surface area (Å²) >= 11 is 0. The Kier molecular flexibility index (Phi) is 10.4. The Morgan fingerprint density at radius 1 is 0.980 bits per heavy atom. The Labute approximate surface area is 293 Å². The number of ether oxygens (including phenoxy) is 5. The number of amides is 2. The predicted molar refractivity (Wildman–Crippen MR) is 181 cm³/mol. The summed E-state index contributed by atoms with van der Waals surface area (Å²) in [7, 11) is 1.55. The Balaban J connectivity index is 1.36. The lowest BCUT2D eigenvalue weighted by Gasteiger charge is -2.30. The number of hydrogen-bond acceptors (Lipinski definition) is 13. The van der Waals surface area contributed by atoms with E-state index in [4.69, 9.17) is 28.1 Å². The summed E-state index contributed by atoms with van der Waals surface area (Å²) in [5, 5.41) is 20.9. The molecule has 5 rings (SSSR count). The van der Waals surface area contributed by atoms with Gasteiger partial charge in [0.1, 0.15) is 34.0 Å². The number of carbonyl (C=O) groups excluding carboxylic acids is 3. The fraction of sp³-hybridized carbons (Fsp3) is 0.429.